The molecule has 0 aliphatic carbocycles. The minimum absolute atomic E-state index is 0.132. The standard InChI is InChI=1S/C22H43BrNO4/c1-5-6-7-8-9-10-11-12-13-17-27-22(26)18-20(19-24(2,3)4)28-21(25)15-14-16-23/h20H,5-19H2,1-4H3/q+1/t20-/m1/s1. The predicted molar refractivity (Wildman–Crippen MR) is 119 cm³/mol. The van der Waals surface area contributed by atoms with Gasteiger partial charge in [0.2, 0.25) is 0 Å². The Balaban J connectivity index is 3.99. The fourth-order valence-corrected chi connectivity index (χ4v) is 3.33. The molecule has 0 N–H and O–H groups in total. The number of esters is 2. The predicted octanol–water partition coefficient (Wildman–Crippen LogP) is 5.24. The second-order valence-corrected chi connectivity index (χ2v) is 9.42. The van der Waals surface area contributed by atoms with Crippen molar-refractivity contribution in [1.82, 2.24) is 0 Å². The molecule has 0 unspecified atom stereocenters. The van der Waals surface area contributed by atoms with Crippen LogP contribution in [0, 0.1) is 0 Å². The lowest BCUT2D eigenvalue weighted by Gasteiger charge is -2.28. The highest BCUT2D eigenvalue weighted by molar-refractivity contribution is 9.09. The van der Waals surface area contributed by atoms with Gasteiger partial charge in [0.25, 0.3) is 0 Å². The lowest BCUT2D eigenvalue weighted by atomic mass is 10.1. The topological polar surface area (TPSA) is 52.6 Å². The van der Waals surface area contributed by atoms with E-state index >= 15 is 0 Å². The van der Waals surface area contributed by atoms with Crippen LogP contribution in [0.3, 0.4) is 0 Å². The third-order valence-electron chi connectivity index (χ3n) is 4.47. The van der Waals surface area contributed by atoms with Crippen LogP contribution in [0.25, 0.3) is 0 Å². The number of carbonyl (C=O) groups excluding carboxylic acids is 2. The van der Waals surface area contributed by atoms with Crippen LogP contribution >= 0.6 is 15.9 Å². The minimum Gasteiger partial charge on any atom is -0.466 e. The van der Waals surface area contributed by atoms with E-state index in [0.717, 1.165) is 24.6 Å². The minimum atomic E-state index is -0.432. The second kappa shape index (κ2) is 17.3. The van der Waals surface area contributed by atoms with Crippen LogP contribution in [-0.2, 0) is 19.1 Å². The molecule has 0 saturated heterocycles. The highest BCUT2D eigenvalue weighted by atomic mass is 79.9. The number of hydrogen-bond acceptors (Lipinski definition) is 4. The van der Waals surface area contributed by atoms with Crippen molar-refractivity contribution in [3.8, 4) is 0 Å². The molecule has 0 aromatic rings. The van der Waals surface area contributed by atoms with Crippen molar-refractivity contribution < 1.29 is 23.5 Å². The molecule has 0 rings (SSSR count). The molecule has 0 fully saturated rings. The Morgan fingerprint density at radius 3 is 1.96 bits per heavy atom. The average Bonchev–Trinajstić information content (AvgIpc) is 2.60. The third kappa shape index (κ3) is 18.7. The fourth-order valence-electron chi connectivity index (χ4n) is 3.05. The van der Waals surface area contributed by atoms with Crippen LogP contribution in [-0.4, -0.2) is 62.2 Å². The van der Waals surface area contributed by atoms with E-state index in [1.807, 2.05) is 21.1 Å². The van der Waals surface area contributed by atoms with Crippen LogP contribution in [0.5, 0.6) is 0 Å². The van der Waals surface area contributed by atoms with Gasteiger partial charge in [-0.25, -0.2) is 0 Å². The summed E-state index contributed by atoms with van der Waals surface area (Å²) in [5.41, 5.74) is 0. The molecule has 28 heavy (non-hydrogen) atoms. The molecule has 0 bridgehead atoms. The molecular weight excluding hydrogens is 422 g/mol. The molecule has 5 nitrogen and oxygen atoms in total. The summed E-state index contributed by atoms with van der Waals surface area (Å²) in [5, 5.41) is 0.767. The molecule has 0 radical (unpaired) electrons. The number of nitrogens with zero attached hydrogens (tertiary/aromatic N) is 1. The molecule has 0 aromatic heterocycles. The Morgan fingerprint density at radius 1 is 0.857 bits per heavy atom. The van der Waals surface area contributed by atoms with Gasteiger partial charge in [-0.3, -0.25) is 9.59 Å². The van der Waals surface area contributed by atoms with Crippen LogP contribution in [0.15, 0.2) is 0 Å². The molecule has 0 spiro atoms. The quantitative estimate of drug-likeness (QED) is 0.120. The van der Waals surface area contributed by atoms with E-state index in [4.69, 9.17) is 9.47 Å². The van der Waals surface area contributed by atoms with Gasteiger partial charge in [-0.05, 0) is 12.8 Å². The van der Waals surface area contributed by atoms with Crippen molar-refractivity contribution in [1.29, 1.82) is 0 Å². The molecular formula is C22H43BrNO4+. The number of unbranched alkanes of at least 4 members (excludes halogenated alkanes) is 8. The van der Waals surface area contributed by atoms with E-state index in [0.29, 0.717) is 24.1 Å². The fraction of sp³-hybridized carbons (Fsp3) is 0.909. The first-order chi connectivity index (χ1) is 13.3. The van der Waals surface area contributed by atoms with Crippen LogP contribution < -0.4 is 0 Å². The first-order valence-corrected chi connectivity index (χ1v) is 12.1. The van der Waals surface area contributed by atoms with E-state index < -0.39 is 6.10 Å². The number of hydrogen-bond donors (Lipinski definition) is 0. The summed E-state index contributed by atoms with van der Waals surface area (Å²) >= 11 is 3.31. The Morgan fingerprint density at radius 2 is 1.43 bits per heavy atom. The van der Waals surface area contributed by atoms with Gasteiger partial charge in [0.05, 0.1) is 34.2 Å². The number of likely N-dealkylation sites (N-methyl/N-ethyl adjacent to an activating group) is 1. The van der Waals surface area contributed by atoms with Gasteiger partial charge in [0.1, 0.15) is 6.54 Å². The summed E-state index contributed by atoms with van der Waals surface area (Å²) in [6.07, 6.45) is 11.9. The Hall–Kier alpha value is -0.620. The van der Waals surface area contributed by atoms with Crippen LogP contribution in [0.1, 0.15) is 84.0 Å². The lowest BCUT2D eigenvalue weighted by Crippen LogP contribution is -2.44. The van der Waals surface area contributed by atoms with Gasteiger partial charge in [0.15, 0.2) is 6.10 Å². The van der Waals surface area contributed by atoms with E-state index in [1.54, 1.807) is 0 Å². The largest absolute Gasteiger partial charge is 0.466 e. The number of rotatable bonds is 18. The zero-order valence-corrected chi connectivity index (χ0v) is 20.2. The van der Waals surface area contributed by atoms with Gasteiger partial charge >= 0.3 is 11.9 Å². The van der Waals surface area contributed by atoms with Gasteiger partial charge in [-0.2, -0.15) is 0 Å². The molecule has 0 aliphatic rings. The van der Waals surface area contributed by atoms with E-state index in [-0.39, 0.29) is 18.4 Å². The zero-order chi connectivity index (χ0) is 21.3. The molecule has 0 amide bonds. The maximum absolute atomic E-state index is 12.1. The highest BCUT2D eigenvalue weighted by Gasteiger charge is 2.25. The molecule has 166 valence electrons. The van der Waals surface area contributed by atoms with Gasteiger partial charge in [-0.15, -0.1) is 0 Å². The Labute approximate surface area is 181 Å². The van der Waals surface area contributed by atoms with Crippen molar-refractivity contribution in [3.63, 3.8) is 0 Å². The summed E-state index contributed by atoms with van der Waals surface area (Å²) in [7, 11) is 6.06. The van der Waals surface area contributed by atoms with Crippen molar-refractivity contribution in [2.75, 3.05) is 39.6 Å². The molecule has 0 aromatic carbocycles. The Kier molecular flexibility index (Phi) is 16.9. The van der Waals surface area contributed by atoms with Crippen LogP contribution in [0.4, 0.5) is 0 Å². The molecule has 0 aliphatic heterocycles. The van der Waals surface area contributed by atoms with Crippen molar-refractivity contribution >= 4 is 27.9 Å². The second-order valence-electron chi connectivity index (χ2n) is 8.63. The normalized spacial score (nSPS) is 12.6. The van der Waals surface area contributed by atoms with Crippen molar-refractivity contribution in [2.45, 2.75) is 90.1 Å². The van der Waals surface area contributed by atoms with E-state index in [2.05, 4.69) is 22.9 Å². The van der Waals surface area contributed by atoms with Gasteiger partial charge in [-0.1, -0.05) is 74.2 Å². The Bertz CT molecular complexity index is 410. The maximum Gasteiger partial charge on any atom is 0.309 e. The number of carbonyl (C=O) groups is 2. The van der Waals surface area contributed by atoms with Gasteiger partial charge in [0, 0.05) is 11.8 Å². The molecule has 1 atom stereocenters. The molecule has 0 heterocycles. The lowest BCUT2D eigenvalue weighted by molar-refractivity contribution is -0.873. The van der Waals surface area contributed by atoms with E-state index in [9.17, 15) is 9.59 Å². The van der Waals surface area contributed by atoms with Crippen molar-refractivity contribution in [3.05, 3.63) is 0 Å². The monoisotopic (exact) mass is 464 g/mol. The summed E-state index contributed by atoms with van der Waals surface area (Å²) in [6.45, 7) is 3.29. The molecule has 0 saturated carbocycles. The molecule has 6 heteroatoms. The average molecular weight is 465 g/mol. The van der Waals surface area contributed by atoms with Crippen LogP contribution in [0.2, 0.25) is 0 Å². The number of alkyl halides is 1. The first kappa shape index (κ1) is 27.4. The first-order valence-electron chi connectivity index (χ1n) is 11.0. The van der Waals surface area contributed by atoms with Gasteiger partial charge < -0.3 is 14.0 Å². The summed E-state index contributed by atoms with van der Waals surface area (Å²) < 4.78 is 11.5. The highest BCUT2D eigenvalue weighted by Crippen LogP contribution is 2.11. The third-order valence-corrected chi connectivity index (χ3v) is 5.03. The van der Waals surface area contributed by atoms with Crippen molar-refractivity contribution in [2.24, 2.45) is 0 Å². The van der Waals surface area contributed by atoms with E-state index in [1.165, 1.54) is 44.9 Å². The summed E-state index contributed by atoms with van der Waals surface area (Å²) in [4.78, 5) is 24.1. The number of halogens is 1. The smallest absolute Gasteiger partial charge is 0.309 e. The zero-order valence-electron chi connectivity index (χ0n) is 18.6. The maximum atomic E-state index is 12.1. The number of quaternary nitrogens is 1. The summed E-state index contributed by atoms with van der Waals surface area (Å²) in [5.74, 6) is -0.518. The summed E-state index contributed by atoms with van der Waals surface area (Å²) in [6, 6.07) is 0. The number of ether oxygens (including phenoxy) is 2. The SMILES string of the molecule is CCCCCCCCCCCOC(=O)C[C@H](C[N+](C)(C)C)OC(=O)CCCBr.